The van der Waals surface area contributed by atoms with Gasteiger partial charge in [0.05, 0.1) is 11.1 Å². The summed E-state index contributed by atoms with van der Waals surface area (Å²) in [4.78, 5) is 18.2. The Morgan fingerprint density at radius 3 is 2.83 bits per heavy atom. The maximum absolute atomic E-state index is 10.9. The fourth-order valence-corrected chi connectivity index (χ4v) is 1.31. The molecule has 0 saturated heterocycles. The minimum atomic E-state index is -0.544. The Bertz CT molecular complexity index is 559. The van der Waals surface area contributed by atoms with E-state index in [0.717, 1.165) is 0 Å². The molecule has 0 atom stereocenters. The van der Waals surface area contributed by atoms with Crippen molar-refractivity contribution in [2.45, 2.75) is 0 Å². The first-order chi connectivity index (χ1) is 8.70. The van der Waals surface area contributed by atoms with Gasteiger partial charge in [-0.15, -0.1) is 0 Å². The third kappa shape index (κ3) is 2.51. The predicted octanol–water partition coefficient (Wildman–Crippen LogP) is 2.22. The molecule has 7 nitrogen and oxygen atoms in total. The van der Waals surface area contributed by atoms with Gasteiger partial charge in [-0.2, -0.15) is 4.98 Å². The van der Waals surface area contributed by atoms with Gasteiger partial charge in [0.25, 0.3) is 0 Å². The summed E-state index contributed by atoms with van der Waals surface area (Å²) in [6.07, 6.45) is 3.04. The molecular formula is C11H10N4O3. The van der Waals surface area contributed by atoms with Crippen LogP contribution in [0.25, 0.3) is 0 Å². The van der Waals surface area contributed by atoms with Crippen LogP contribution in [0.1, 0.15) is 0 Å². The second kappa shape index (κ2) is 5.09. The fraction of sp³-hybridized carbons (Fsp3) is 0.0909. The highest BCUT2D eigenvalue weighted by molar-refractivity contribution is 5.50. The summed E-state index contributed by atoms with van der Waals surface area (Å²) in [6, 6.07) is 6.16. The Balaban J connectivity index is 2.38. The van der Waals surface area contributed by atoms with Crippen molar-refractivity contribution in [1.82, 2.24) is 9.97 Å². The predicted molar refractivity (Wildman–Crippen MR) is 64.7 cm³/mol. The molecule has 0 bridgehead atoms. The zero-order valence-corrected chi connectivity index (χ0v) is 9.53. The molecule has 0 spiro atoms. The second-order valence-corrected chi connectivity index (χ2v) is 3.32. The lowest BCUT2D eigenvalue weighted by Gasteiger charge is -2.06. The number of anilines is 1. The first-order valence-electron chi connectivity index (χ1n) is 5.12. The molecule has 92 valence electrons. The molecule has 7 heteroatoms. The van der Waals surface area contributed by atoms with Gasteiger partial charge < -0.3 is 10.1 Å². The van der Waals surface area contributed by atoms with Crippen LogP contribution >= 0.6 is 0 Å². The zero-order chi connectivity index (χ0) is 13.0. The van der Waals surface area contributed by atoms with Crippen molar-refractivity contribution in [3.8, 4) is 11.6 Å². The van der Waals surface area contributed by atoms with Gasteiger partial charge in [-0.05, 0) is 18.2 Å². The van der Waals surface area contributed by atoms with Crippen molar-refractivity contribution in [2.24, 2.45) is 0 Å². The van der Waals surface area contributed by atoms with Crippen molar-refractivity contribution in [2.75, 3.05) is 12.4 Å². The maximum Gasteiger partial charge on any atom is 0.331 e. The number of hydrogen-bond donors (Lipinski definition) is 1. The lowest BCUT2D eigenvalue weighted by Crippen LogP contribution is -1.99. The van der Waals surface area contributed by atoms with Gasteiger partial charge in [-0.1, -0.05) is 0 Å². The van der Waals surface area contributed by atoms with E-state index in [9.17, 15) is 10.1 Å². The largest absolute Gasteiger partial charge is 0.432 e. The van der Waals surface area contributed by atoms with Gasteiger partial charge in [0.1, 0.15) is 11.6 Å². The van der Waals surface area contributed by atoms with Crippen LogP contribution in [-0.2, 0) is 0 Å². The van der Waals surface area contributed by atoms with Crippen LogP contribution in [0.15, 0.2) is 36.7 Å². The van der Waals surface area contributed by atoms with Gasteiger partial charge >= 0.3 is 11.6 Å². The van der Waals surface area contributed by atoms with Crippen LogP contribution in [0.2, 0.25) is 0 Å². The van der Waals surface area contributed by atoms with Gasteiger partial charge in [0.2, 0.25) is 0 Å². The number of aromatic nitrogens is 2. The smallest absolute Gasteiger partial charge is 0.331 e. The van der Waals surface area contributed by atoms with Crippen LogP contribution in [0.5, 0.6) is 11.6 Å². The minimum Gasteiger partial charge on any atom is -0.432 e. The number of nitrogens with one attached hydrogen (secondary N) is 1. The zero-order valence-electron chi connectivity index (χ0n) is 9.53. The van der Waals surface area contributed by atoms with E-state index in [4.69, 9.17) is 4.74 Å². The van der Waals surface area contributed by atoms with Crippen molar-refractivity contribution < 1.29 is 9.66 Å². The van der Waals surface area contributed by atoms with E-state index in [0.29, 0.717) is 11.6 Å². The third-order valence-corrected chi connectivity index (χ3v) is 2.14. The Labute approximate surface area is 103 Å². The summed E-state index contributed by atoms with van der Waals surface area (Å²) in [5.74, 6) is 0.806. The highest BCUT2D eigenvalue weighted by Gasteiger charge is 2.18. The summed E-state index contributed by atoms with van der Waals surface area (Å²) in [5.41, 5.74) is -0.196. The lowest BCUT2D eigenvalue weighted by atomic mass is 10.4. The summed E-state index contributed by atoms with van der Waals surface area (Å²) in [7, 11) is 1.67. The van der Waals surface area contributed by atoms with Crippen LogP contribution < -0.4 is 10.1 Å². The van der Waals surface area contributed by atoms with Crippen molar-refractivity contribution >= 4 is 11.5 Å². The quantitative estimate of drug-likeness (QED) is 0.657. The van der Waals surface area contributed by atoms with E-state index in [1.165, 1.54) is 18.3 Å². The normalized spacial score (nSPS) is 9.83. The standard InChI is InChI=1S/C11H10N4O3/c1-12-10-5-4-9(15(16)17)11(14-10)18-8-3-2-6-13-7-8/h2-7H,1H3,(H,12,14). The number of rotatable bonds is 4. The molecular weight excluding hydrogens is 236 g/mol. The van der Waals surface area contributed by atoms with E-state index >= 15 is 0 Å². The number of ether oxygens (including phenoxy) is 1. The molecule has 0 aliphatic heterocycles. The highest BCUT2D eigenvalue weighted by atomic mass is 16.6. The Hall–Kier alpha value is -2.70. The average Bonchev–Trinajstić information content (AvgIpc) is 2.39. The molecule has 1 N–H and O–H groups in total. The molecule has 0 fully saturated rings. The van der Waals surface area contributed by atoms with Crippen molar-refractivity contribution in [3.63, 3.8) is 0 Å². The summed E-state index contributed by atoms with van der Waals surface area (Å²) >= 11 is 0. The summed E-state index contributed by atoms with van der Waals surface area (Å²) in [6.45, 7) is 0. The molecule has 0 saturated carbocycles. The molecule has 0 aliphatic carbocycles. The van der Waals surface area contributed by atoms with E-state index in [1.807, 2.05) is 0 Å². The van der Waals surface area contributed by atoms with Crippen molar-refractivity contribution in [3.05, 3.63) is 46.8 Å². The van der Waals surface area contributed by atoms with Crippen molar-refractivity contribution in [1.29, 1.82) is 0 Å². The molecule has 2 rings (SSSR count). The molecule has 0 aliphatic rings. The van der Waals surface area contributed by atoms with Crippen LogP contribution in [-0.4, -0.2) is 21.9 Å². The van der Waals surface area contributed by atoms with Crippen LogP contribution in [0.4, 0.5) is 11.5 Å². The number of nitrogens with zero attached hydrogens (tertiary/aromatic N) is 3. The van der Waals surface area contributed by atoms with E-state index in [2.05, 4.69) is 15.3 Å². The molecule has 18 heavy (non-hydrogen) atoms. The van der Waals surface area contributed by atoms with E-state index < -0.39 is 4.92 Å². The summed E-state index contributed by atoms with van der Waals surface area (Å²) < 4.78 is 5.36. The Kier molecular flexibility index (Phi) is 3.33. The minimum absolute atomic E-state index is 0.0696. The molecule has 0 amide bonds. The molecule has 0 radical (unpaired) electrons. The Morgan fingerprint density at radius 1 is 1.39 bits per heavy atom. The average molecular weight is 246 g/mol. The number of pyridine rings is 2. The monoisotopic (exact) mass is 246 g/mol. The maximum atomic E-state index is 10.9. The lowest BCUT2D eigenvalue weighted by molar-refractivity contribution is -0.386. The highest BCUT2D eigenvalue weighted by Crippen LogP contribution is 2.29. The SMILES string of the molecule is CNc1ccc([N+](=O)[O-])c(Oc2cccnc2)n1. The number of hydrogen-bond acceptors (Lipinski definition) is 6. The summed E-state index contributed by atoms with van der Waals surface area (Å²) in [5, 5.41) is 13.7. The number of nitro groups is 1. The topological polar surface area (TPSA) is 90.2 Å². The molecule has 2 aromatic heterocycles. The third-order valence-electron chi connectivity index (χ3n) is 2.14. The molecule has 2 heterocycles. The van der Waals surface area contributed by atoms with Gasteiger partial charge in [-0.3, -0.25) is 15.1 Å². The first-order valence-corrected chi connectivity index (χ1v) is 5.12. The molecule has 0 unspecified atom stereocenters. The first kappa shape index (κ1) is 11.8. The second-order valence-electron chi connectivity index (χ2n) is 3.32. The van der Waals surface area contributed by atoms with Gasteiger partial charge in [0.15, 0.2) is 0 Å². The van der Waals surface area contributed by atoms with Gasteiger partial charge in [-0.25, -0.2) is 0 Å². The van der Waals surface area contributed by atoms with E-state index in [-0.39, 0.29) is 11.6 Å². The van der Waals surface area contributed by atoms with Crippen LogP contribution in [0.3, 0.4) is 0 Å². The van der Waals surface area contributed by atoms with Gasteiger partial charge in [0, 0.05) is 19.3 Å². The fourth-order valence-electron chi connectivity index (χ4n) is 1.31. The molecule has 2 aromatic rings. The van der Waals surface area contributed by atoms with Crippen LogP contribution in [0, 0.1) is 10.1 Å². The Morgan fingerprint density at radius 2 is 2.22 bits per heavy atom. The molecule has 0 aromatic carbocycles. The van der Waals surface area contributed by atoms with E-state index in [1.54, 1.807) is 25.4 Å².